The van der Waals surface area contributed by atoms with E-state index in [4.69, 9.17) is 11.6 Å². The highest BCUT2D eigenvalue weighted by Crippen LogP contribution is 2.26. The van der Waals surface area contributed by atoms with Crippen molar-refractivity contribution in [2.75, 3.05) is 18.5 Å². The normalized spacial score (nSPS) is 16.9. The highest BCUT2D eigenvalue weighted by Gasteiger charge is 2.17. The molecule has 1 saturated carbocycles. The SMILES string of the molecule is CN(CC1CCCC1)c1cnc(Cl)cn1. The van der Waals surface area contributed by atoms with Crippen LogP contribution in [0.1, 0.15) is 25.7 Å². The molecule has 1 aromatic heterocycles. The molecule has 0 saturated heterocycles. The van der Waals surface area contributed by atoms with Gasteiger partial charge in [-0.05, 0) is 18.8 Å². The molecule has 82 valence electrons. The minimum Gasteiger partial charge on any atom is -0.358 e. The standard InChI is InChI=1S/C11H16ClN3/c1-15(8-9-4-2-3-5-9)11-7-13-10(12)6-14-11/h6-7,9H,2-5,8H2,1H3. The second kappa shape index (κ2) is 4.79. The van der Waals surface area contributed by atoms with Crippen molar-refractivity contribution >= 4 is 17.4 Å². The zero-order valence-electron chi connectivity index (χ0n) is 8.99. The monoisotopic (exact) mass is 225 g/mol. The van der Waals surface area contributed by atoms with Crippen LogP contribution in [0.25, 0.3) is 0 Å². The van der Waals surface area contributed by atoms with Gasteiger partial charge in [-0.3, -0.25) is 0 Å². The number of halogens is 1. The summed E-state index contributed by atoms with van der Waals surface area (Å²) in [6, 6.07) is 0. The van der Waals surface area contributed by atoms with Gasteiger partial charge in [0.25, 0.3) is 0 Å². The van der Waals surface area contributed by atoms with Crippen molar-refractivity contribution in [3.05, 3.63) is 17.5 Å². The first-order chi connectivity index (χ1) is 7.25. The molecule has 0 aliphatic heterocycles. The van der Waals surface area contributed by atoms with Gasteiger partial charge in [0.1, 0.15) is 11.0 Å². The molecule has 0 bridgehead atoms. The van der Waals surface area contributed by atoms with Gasteiger partial charge in [-0.25, -0.2) is 9.97 Å². The topological polar surface area (TPSA) is 29.0 Å². The van der Waals surface area contributed by atoms with Crippen LogP contribution < -0.4 is 4.90 Å². The van der Waals surface area contributed by atoms with Gasteiger partial charge in [-0.15, -0.1) is 0 Å². The van der Waals surface area contributed by atoms with E-state index in [2.05, 4.69) is 21.9 Å². The molecule has 0 spiro atoms. The summed E-state index contributed by atoms with van der Waals surface area (Å²) >= 11 is 5.69. The van der Waals surface area contributed by atoms with Crippen LogP contribution in [0.3, 0.4) is 0 Å². The molecule has 1 aromatic rings. The Balaban J connectivity index is 1.94. The summed E-state index contributed by atoms with van der Waals surface area (Å²) in [6.45, 7) is 1.08. The Morgan fingerprint density at radius 1 is 1.33 bits per heavy atom. The zero-order chi connectivity index (χ0) is 10.7. The molecule has 4 heteroatoms. The maximum atomic E-state index is 5.69. The fraction of sp³-hybridized carbons (Fsp3) is 0.636. The molecule has 0 aromatic carbocycles. The Labute approximate surface area is 95.5 Å². The van der Waals surface area contributed by atoms with Crippen LogP contribution in [0.2, 0.25) is 5.15 Å². The van der Waals surface area contributed by atoms with Gasteiger partial charge < -0.3 is 4.90 Å². The maximum Gasteiger partial charge on any atom is 0.147 e. The van der Waals surface area contributed by atoms with Crippen molar-refractivity contribution < 1.29 is 0 Å². The Hall–Kier alpha value is -0.830. The quantitative estimate of drug-likeness (QED) is 0.792. The zero-order valence-corrected chi connectivity index (χ0v) is 9.74. The van der Waals surface area contributed by atoms with E-state index >= 15 is 0 Å². The molecule has 0 unspecified atom stereocenters. The molecule has 0 atom stereocenters. The Morgan fingerprint density at radius 2 is 2.07 bits per heavy atom. The molecular weight excluding hydrogens is 210 g/mol. The van der Waals surface area contributed by atoms with Crippen LogP contribution in [-0.4, -0.2) is 23.6 Å². The lowest BCUT2D eigenvalue weighted by Crippen LogP contribution is -2.24. The molecular formula is C11H16ClN3. The first-order valence-electron chi connectivity index (χ1n) is 5.44. The molecule has 0 radical (unpaired) electrons. The molecule has 1 fully saturated rings. The molecule has 1 aliphatic rings. The number of nitrogens with zero attached hydrogens (tertiary/aromatic N) is 3. The summed E-state index contributed by atoms with van der Waals surface area (Å²) in [7, 11) is 2.07. The van der Waals surface area contributed by atoms with E-state index in [9.17, 15) is 0 Å². The van der Waals surface area contributed by atoms with Crippen molar-refractivity contribution in [3.63, 3.8) is 0 Å². The lowest BCUT2D eigenvalue weighted by atomic mass is 10.1. The predicted octanol–water partition coefficient (Wildman–Crippen LogP) is 2.76. The minimum absolute atomic E-state index is 0.452. The van der Waals surface area contributed by atoms with Crippen molar-refractivity contribution in [2.45, 2.75) is 25.7 Å². The Bertz CT molecular complexity index is 306. The molecule has 15 heavy (non-hydrogen) atoms. The van der Waals surface area contributed by atoms with Crippen LogP contribution in [-0.2, 0) is 0 Å². The van der Waals surface area contributed by atoms with Crippen molar-refractivity contribution in [3.8, 4) is 0 Å². The second-order valence-corrected chi connectivity index (χ2v) is 4.62. The van der Waals surface area contributed by atoms with E-state index in [0.29, 0.717) is 5.15 Å². The molecule has 3 nitrogen and oxygen atoms in total. The lowest BCUT2D eigenvalue weighted by molar-refractivity contribution is 0.544. The number of hydrogen-bond donors (Lipinski definition) is 0. The highest BCUT2D eigenvalue weighted by molar-refractivity contribution is 6.29. The summed E-state index contributed by atoms with van der Waals surface area (Å²) in [5, 5.41) is 0.452. The number of aromatic nitrogens is 2. The van der Waals surface area contributed by atoms with Crippen molar-refractivity contribution in [1.82, 2.24) is 9.97 Å². The van der Waals surface area contributed by atoms with E-state index in [1.54, 1.807) is 12.4 Å². The Kier molecular flexibility index (Phi) is 3.41. The minimum atomic E-state index is 0.452. The second-order valence-electron chi connectivity index (χ2n) is 4.23. The van der Waals surface area contributed by atoms with Gasteiger partial charge in [0.2, 0.25) is 0 Å². The summed E-state index contributed by atoms with van der Waals surface area (Å²) in [5.41, 5.74) is 0. The van der Waals surface area contributed by atoms with Gasteiger partial charge in [0.05, 0.1) is 12.4 Å². The molecule has 0 amide bonds. The molecule has 1 aliphatic carbocycles. The average molecular weight is 226 g/mol. The fourth-order valence-electron chi connectivity index (χ4n) is 2.18. The molecule has 2 rings (SSSR count). The van der Waals surface area contributed by atoms with E-state index < -0.39 is 0 Å². The third-order valence-electron chi connectivity index (χ3n) is 3.00. The maximum absolute atomic E-state index is 5.69. The summed E-state index contributed by atoms with van der Waals surface area (Å²) in [6.07, 6.45) is 8.80. The summed E-state index contributed by atoms with van der Waals surface area (Å²) in [5.74, 6) is 1.73. The van der Waals surface area contributed by atoms with Crippen LogP contribution >= 0.6 is 11.6 Å². The van der Waals surface area contributed by atoms with E-state index in [-0.39, 0.29) is 0 Å². The fourth-order valence-corrected chi connectivity index (χ4v) is 2.27. The van der Waals surface area contributed by atoms with Gasteiger partial charge >= 0.3 is 0 Å². The third-order valence-corrected chi connectivity index (χ3v) is 3.20. The van der Waals surface area contributed by atoms with Gasteiger partial charge in [0.15, 0.2) is 0 Å². The lowest BCUT2D eigenvalue weighted by Gasteiger charge is -2.21. The average Bonchev–Trinajstić information content (AvgIpc) is 2.71. The van der Waals surface area contributed by atoms with Crippen LogP contribution in [0.4, 0.5) is 5.82 Å². The van der Waals surface area contributed by atoms with Gasteiger partial charge in [0, 0.05) is 13.6 Å². The largest absolute Gasteiger partial charge is 0.358 e. The van der Waals surface area contributed by atoms with E-state index in [1.165, 1.54) is 25.7 Å². The van der Waals surface area contributed by atoms with Gasteiger partial charge in [-0.1, -0.05) is 24.4 Å². The molecule has 0 N–H and O–H groups in total. The van der Waals surface area contributed by atoms with Crippen LogP contribution in [0.5, 0.6) is 0 Å². The predicted molar refractivity (Wildman–Crippen MR) is 62.3 cm³/mol. The van der Waals surface area contributed by atoms with Crippen LogP contribution in [0, 0.1) is 5.92 Å². The Morgan fingerprint density at radius 3 is 2.67 bits per heavy atom. The first-order valence-corrected chi connectivity index (χ1v) is 5.82. The number of rotatable bonds is 3. The number of hydrogen-bond acceptors (Lipinski definition) is 3. The number of anilines is 1. The molecule has 1 heterocycles. The highest BCUT2D eigenvalue weighted by atomic mass is 35.5. The third kappa shape index (κ3) is 2.81. The summed E-state index contributed by atoms with van der Waals surface area (Å²) in [4.78, 5) is 10.5. The van der Waals surface area contributed by atoms with Crippen molar-refractivity contribution in [1.29, 1.82) is 0 Å². The van der Waals surface area contributed by atoms with E-state index in [1.807, 2.05) is 0 Å². The van der Waals surface area contributed by atoms with Gasteiger partial charge in [-0.2, -0.15) is 0 Å². The smallest absolute Gasteiger partial charge is 0.147 e. The van der Waals surface area contributed by atoms with E-state index in [0.717, 1.165) is 18.3 Å². The van der Waals surface area contributed by atoms with Crippen molar-refractivity contribution in [2.24, 2.45) is 5.92 Å². The van der Waals surface area contributed by atoms with Crippen LogP contribution in [0.15, 0.2) is 12.4 Å². The first kappa shape index (κ1) is 10.7. The summed E-state index contributed by atoms with van der Waals surface area (Å²) < 4.78 is 0.